The smallest absolute Gasteiger partial charge is 0.0415 e. The average Bonchev–Trinajstić information content (AvgIpc) is 2.42. The van der Waals surface area contributed by atoms with Crippen molar-refractivity contribution in [3.8, 4) is 0 Å². The third-order valence-corrected chi connectivity index (χ3v) is 3.43. The molecule has 108 valence electrons. The first-order valence-electron chi connectivity index (χ1n) is 7.34. The van der Waals surface area contributed by atoms with Crippen LogP contribution in [0.2, 0.25) is 0 Å². The maximum absolute atomic E-state index is 6.25. The summed E-state index contributed by atoms with van der Waals surface area (Å²) in [4.78, 5) is 4.69. The fraction of sp³-hybridized carbons (Fsp3) is 0.625. The molecule has 1 atom stereocenters. The molecule has 0 radical (unpaired) electrons. The van der Waals surface area contributed by atoms with E-state index in [4.69, 9.17) is 5.73 Å². The number of nitrogens with two attached hydrogens (primary N) is 1. The molecule has 0 saturated carbocycles. The molecule has 2 N–H and O–H groups in total. The second kappa shape index (κ2) is 8.18. The van der Waals surface area contributed by atoms with Crippen LogP contribution in [0.5, 0.6) is 0 Å². The number of likely N-dealkylation sites (N-methyl/N-ethyl adjacent to an activating group) is 1. The molecule has 0 bridgehead atoms. The number of para-hydroxylation sites is 1. The van der Waals surface area contributed by atoms with Gasteiger partial charge in [0.1, 0.15) is 0 Å². The standard InChI is InChI=1S/C16H29N3/c1-5-11-19(13-12-18(3)4)16-10-8-7-9-14(16)15(17)6-2/h7-10,15H,5-6,11-13,17H2,1-4H3/t15-/m0/s1. The summed E-state index contributed by atoms with van der Waals surface area (Å²) >= 11 is 0. The van der Waals surface area contributed by atoms with Crippen molar-refractivity contribution in [1.29, 1.82) is 0 Å². The Labute approximate surface area is 118 Å². The fourth-order valence-corrected chi connectivity index (χ4v) is 2.25. The summed E-state index contributed by atoms with van der Waals surface area (Å²) in [6.07, 6.45) is 2.13. The van der Waals surface area contributed by atoms with Crippen LogP contribution >= 0.6 is 0 Å². The van der Waals surface area contributed by atoms with Crippen LogP contribution in [-0.2, 0) is 0 Å². The lowest BCUT2D eigenvalue weighted by Crippen LogP contribution is -2.33. The van der Waals surface area contributed by atoms with Crippen LogP contribution in [-0.4, -0.2) is 38.6 Å². The Bertz CT molecular complexity index is 363. The van der Waals surface area contributed by atoms with Gasteiger partial charge >= 0.3 is 0 Å². The average molecular weight is 263 g/mol. The summed E-state index contributed by atoms with van der Waals surface area (Å²) in [6, 6.07) is 8.71. The van der Waals surface area contributed by atoms with Crippen molar-refractivity contribution >= 4 is 5.69 Å². The molecule has 1 rings (SSSR count). The van der Waals surface area contributed by atoms with E-state index >= 15 is 0 Å². The summed E-state index contributed by atoms with van der Waals surface area (Å²) in [5.74, 6) is 0. The second-order valence-electron chi connectivity index (χ2n) is 5.36. The van der Waals surface area contributed by atoms with Crippen molar-refractivity contribution in [2.75, 3.05) is 38.6 Å². The van der Waals surface area contributed by atoms with E-state index in [1.54, 1.807) is 0 Å². The molecular formula is C16H29N3. The molecule has 19 heavy (non-hydrogen) atoms. The fourth-order valence-electron chi connectivity index (χ4n) is 2.25. The van der Waals surface area contributed by atoms with Gasteiger partial charge in [0.2, 0.25) is 0 Å². The van der Waals surface area contributed by atoms with Crippen molar-refractivity contribution in [3.63, 3.8) is 0 Å². The summed E-state index contributed by atoms with van der Waals surface area (Å²) in [5, 5.41) is 0. The van der Waals surface area contributed by atoms with E-state index in [1.807, 2.05) is 0 Å². The van der Waals surface area contributed by atoms with E-state index in [0.717, 1.165) is 32.5 Å². The molecule has 0 unspecified atom stereocenters. The number of nitrogens with zero attached hydrogens (tertiary/aromatic N) is 2. The van der Waals surface area contributed by atoms with Gasteiger partial charge in [-0.25, -0.2) is 0 Å². The van der Waals surface area contributed by atoms with Crippen molar-refractivity contribution in [2.45, 2.75) is 32.7 Å². The lowest BCUT2D eigenvalue weighted by molar-refractivity contribution is 0.412. The highest BCUT2D eigenvalue weighted by Gasteiger charge is 2.14. The van der Waals surface area contributed by atoms with Gasteiger partial charge in [0.25, 0.3) is 0 Å². The van der Waals surface area contributed by atoms with Crippen molar-refractivity contribution in [1.82, 2.24) is 4.90 Å². The van der Waals surface area contributed by atoms with E-state index in [-0.39, 0.29) is 6.04 Å². The molecule has 0 amide bonds. The monoisotopic (exact) mass is 263 g/mol. The van der Waals surface area contributed by atoms with Gasteiger partial charge in [-0.2, -0.15) is 0 Å². The summed E-state index contributed by atoms with van der Waals surface area (Å²) in [6.45, 7) is 7.57. The van der Waals surface area contributed by atoms with E-state index in [2.05, 4.69) is 62.0 Å². The molecule has 0 saturated heterocycles. The normalized spacial score (nSPS) is 12.7. The third kappa shape index (κ3) is 4.84. The predicted molar refractivity (Wildman–Crippen MR) is 84.7 cm³/mol. The molecule has 1 aromatic carbocycles. The number of benzene rings is 1. The Morgan fingerprint density at radius 1 is 1.05 bits per heavy atom. The molecule has 3 nitrogen and oxygen atoms in total. The van der Waals surface area contributed by atoms with Gasteiger partial charge in [-0.3, -0.25) is 0 Å². The molecule has 0 spiro atoms. The zero-order valence-electron chi connectivity index (χ0n) is 12.9. The van der Waals surface area contributed by atoms with Crippen LogP contribution in [0.1, 0.15) is 38.3 Å². The Morgan fingerprint density at radius 2 is 1.74 bits per heavy atom. The van der Waals surface area contributed by atoms with Crippen LogP contribution in [0.4, 0.5) is 5.69 Å². The van der Waals surface area contributed by atoms with Crippen molar-refractivity contribution < 1.29 is 0 Å². The zero-order valence-corrected chi connectivity index (χ0v) is 12.9. The predicted octanol–water partition coefficient (Wildman–Crippen LogP) is 2.87. The third-order valence-electron chi connectivity index (χ3n) is 3.43. The van der Waals surface area contributed by atoms with Gasteiger partial charge < -0.3 is 15.5 Å². The highest BCUT2D eigenvalue weighted by atomic mass is 15.2. The molecule has 0 fully saturated rings. The second-order valence-corrected chi connectivity index (χ2v) is 5.36. The van der Waals surface area contributed by atoms with E-state index in [1.165, 1.54) is 11.3 Å². The number of anilines is 1. The largest absolute Gasteiger partial charge is 0.370 e. The van der Waals surface area contributed by atoms with Crippen LogP contribution in [0.25, 0.3) is 0 Å². The van der Waals surface area contributed by atoms with E-state index in [9.17, 15) is 0 Å². The van der Waals surface area contributed by atoms with Gasteiger partial charge in [-0.05, 0) is 38.6 Å². The summed E-state index contributed by atoms with van der Waals surface area (Å²) < 4.78 is 0. The van der Waals surface area contributed by atoms with E-state index < -0.39 is 0 Å². The zero-order chi connectivity index (χ0) is 14.3. The molecule has 0 aromatic heterocycles. The maximum Gasteiger partial charge on any atom is 0.0415 e. The van der Waals surface area contributed by atoms with Crippen molar-refractivity contribution in [3.05, 3.63) is 29.8 Å². The first-order valence-corrected chi connectivity index (χ1v) is 7.34. The minimum absolute atomic E-state index is 0.134. The summed E-state index contributed by atoms with van der Waals surface area (Å²) in [5.41, 5.74) is 8.83. The molecule has 1 aromatic rings. The Balaban J connectivity index is 2.94. The highest BCUT2D eigenvalue weighted by Crippen LogP contribution is 2.26. The molecule has 0 heterocycles. The first-order chi connectivity index (χ1) is 9.10. The topological polar surface area (TPSA) is 32.5 Å². The lowest BCUT2D eigenvalue weighted by Gasteiger charge is -2.29. The van der Waals surface area contributed by atoms with E-state index in [0.29, 0.717) is 0 Å². The molecule has 0 aliphatic heterocycles. The van der Waals surface area contributed by atoms with Gasteiger partial charge in [-0.15, -0.1) is 0 Å². The van der Waals surface area contributed by atoms with Gasteiger partial charge in [0.15, 0.2) is 0 Å². The quantitative estimate of drug-likeness (QED) is 0.783. The molecule has 0 aliphatic rings. The van der Waals surface area contributed by atoms with Crippen LogP contribution < -0.4 is 10.6 Å². The Kier molecular flexibility index (Phi) is 6.89. The van der Waals surface area contributed by atoms with Gasteiger partial charge in [0, 0.05) is 31.4 Å². The molecule has 3 heteroatoms. The van der Waals surface area contributed by atoms with Gasteiger partial charge in [0.05, 0.1) is 0 Å². The number of hydrogen-bond acceptors (Lipinski definition) is 3. The summed E-state index contributed by atoms with van der Waals surface area (Å²) in [7, 11) is 4.24. The van der Waals surface area contributed by atoms with Gasteiger partial charge in [-0.1, -0.05) is 32.0 Å². The van der Waals surface area contributed by atoms with Crippen LogP contribution in [0.3, 0.4) is 0 Å². The first kappa shape index (κ1) is 16.0. The SMILES string of the molecule is CCCN(CCN(C)C)c1ccccc1[C@@H](N)CC. The highest BCUT2D eigenvalue weighted by molar-refractivity contribution is 5.55. The molecule has 0 aliphatic carbocycles. The minimum Gasteiger partial charge on any atom is -0.370 e. The Morgan fingerprint density at radius 3 is 2.32 bits per heavy atom. The Hall–Kier alpha value is -1.06. The molecular weight excluding hydrogens is 234 g/mol. The maximum atomic E-state index is 6.25. The number of rotatable bonds is 8. The van der Waals surface area contributed by atoms with Crippen LogP contribution in [0.15, 0.2) is 24.3 Å². The van der Waals surface area contributed by atoms with Crippen molar-refractivity contribution in [2.24, 2.45) is 5.73 Å². The number of hydrogen-bond donors (Lipinski definition) is 1. The minimum atomic E-state index is 0.134. The van der Waals surface area contributed by atoms with Crippen LogP contribution in [0, 0.1) is 0 Å². The lowest BCUT2D eigenvalue weighted by atomic mass is 10.0.